The minimum Gasteiger partial charge on any atom is -0.253 e. The normalized spacial score (nSPS) is 12.0. The summed E-state index contributed by atoms with van der Waals surface area (Å²) >= 11 is -0.750. The van der Waals surface area contributed by atoms with E-state index < -0.39 is 11.6 Å². The number of fused-ring (bicyclic) bond motifs is 7. The number of para-hydroxylation sites is 1. The minimum atomic E-state index is -0.750. The smallest absolute Gasteiger partial charge is 0.253 e. The SMILES string of the molecule is CC(C)(C)c1cccc2nccnc12.Cc1cccc(-c2ccn3nc(C)c(C(C)(C)C)c3n2)c1.Cc1ccn2nc(C)c(C(C)(C)C)c2n1.Cc1ccn2ncc(C(C)(C)C)c2n1.Cc1cnc2c(C(C)(C)C)cnn2c1.Cc1nn2cccnc2c1C(C)(C)C.Cc1nn2cccnc2c1C(C)(C)C.O=S=O. The van der Waals surface area contributed by atoms with Crippen molar-refractivity contribution in [1.29, 1.82) is 0 Å². The van der Waals surface area contributed by atoms with Crippen molar-refractivity contribution >= 4 is 56.5 Å². The van der Waals surface area contributed by atoms with E-state index in [1.54, 1.807) is 12.4 Å². The van der Waals surface area contributed by atoms with E-state index in [0.29, 0.717) is 0 Å². The first kappa shape index (κ1) is 84.0. The lowest BCUT2D eigenvalue weighted by Gasteiger charge is -2.19. The second-order valence-electron chi connectivity index (χ2n) is 34.8. The molecule has 15 aromatic rings. The highest BCUT2D eigenvalue weighted by Crippen LogP contribution is 2.34. The molecule has 0 aliphatic heterocycles. The van der Waals surface area contributed by atoms with Crippen LogP contribution in [0.2, 0.25) is 0 Å². The van der Waals surface area contributed by atoms with Gasteiger partial charge in [0.15, 0.2) is 33.9 Å². The third-order valence-corrected chi connectivity index (χ3v) is 17.8. The molecule has 23 heteroatoms. The van der Waals surface area contributed by atoms with Crippen molar-refractivity contribution in [1.82, 2.24) is 97.6 Å². The van der Waals surface area contributed by atoms with E-state index in [9.17, 15) is 0 Å². The van der Waals surface area contributed by atoms with Gasteiger partial charge in [0.2, 0.25) is 0 Å². The van der Waals surface area contributed by atoms with Gasteiger partial charge in [-0.15, -0.1) is 0 Å². The number of rotatable bonds is 1. The maximum atomic E-state index is 8.29. The first-order valence-corrected chi connectivity index (χ1v) is 37.5. The van der Waals surface area contributed by atoms with E-state index in [1.165, 1.54) is 44.5 Å². The molecule has 0 saturated heterocycles. The molecule has 13 heterocycles. The highest BCUT2D eigenvalue weighted by Gasteiger charge is 2.28. The zero-order valence-electron chi connectivity index (χ0n) is 69.6. The van der Waals surface area contributed by atoms with Gasteiger partial charge in [0.05, 0.1) is 51.9 Å². The van der Waals surface area contributed by atoms with Gasteiger partial charge in [-0.25, -0.2) is 57.0 Å². The summed E-state index contributed by atoms with van der Waals surface area (Å²) in [5, 5.41) is 26.5. The molecule has 0 aliphatic rings. The highest BCUT2D eigenvalue weighted by molar-refractivity contribution is 7.51. The topological polar surface area (TPSA) is 241 Å². The Morgan fingerprint density at radius 3 is 1.19 bits per heavy atom. The second kappa shape index (κ2) is 33.4. The summed E-state index contributed by atoms with van der Waals surface area (Å²) in [6.07, 6.45) is 24.6. The molecule has 574 valence electrons. The van der Waals surface area contributed by atoms with Crippen molar-refractivity contribution in [2.24, 2.45) is 0 Å². The molecule has 13 aromatic heterocycles. The zero-order chi connectivity index (χ0) is 80.7. The minimum absolute atomic E-state index is 0.0318. The molecule has 0 radical (unpaired) electrons. The van der Waals surface area contributed by atoms with Crippen LogP contribution in [0.4, 0.5) is 0 Å². The predicted octanol–water partition coefficient (Wildman–Crippen LogP) is 18.6. The Hall–Kier alpha value is -10.7. The van der Waals surface area contributed by atoms with Gasteiger partial charge < -0.3 is 0 Å². The summed E-state index contributed by atoms with van der Waals surface area (Å²) in [5.74, 6) is 0. The number of aromatic nitrogens is 20. The highest BCUT2D eigenvalue weighted by atomic mass is 32.1. The maximum Gasteiger partial charge on any atom is 0.335 e. The Bertz CT molecular complexity index is 5560. The van der Waals surface area contributed by atoms with Crippen LogP contribution in [-0.2, 0) is 49.5 Å². The van der Waals surface area contributed by atoms with Gasteiger partial charge >= 0.3 is 11.6 Å². The van der Waals surface area contributed by atoms with Crippen LogP contribution in [0.15, 0.2) is 153 Å². The van der Waals surface area contributed by atoms with Gasteiger partial charge in [0, 0.05) is 118 Å². The number of nitrogens with zero attached hydrogens (tertiary/aromatic N) is 20. The fraction of sp³-hybridized carbons (Fsp3) is 0.419. The van der Waals surface area contributed by atoms with Gasteiger partial charge in [-0.3, -0.25) is 9.97 Å². The molecule has 0 N–H and O–H groups in total. The molecule has 2 aromatic carbocycles. The Kier molecular flexibility index (Phi) is 25.8. The fourth-order valence-electron chi connectivity index (χ4n) is 13.2. The van der Waals surface area contributed by atoms with E-state index in [2.05, 4.69) is 255 Å². The van der Waals surface area contributed by atoms with Crippen molar-refractivity contribution in [2.75, 3.05) is 0 Å². The molecule has 0 atom stereocenters. The summed E-state index contributed by atoms with van der Waals surface area (Å²) in [7, 11) is 0. The predicted molar refractivity (Wildman–Crippen MR) is 441 cm³/mol. The summed E-state index contributed by atoms with van der Waals surface area (Å²) in [4.78, 5) is 35.8. The third kappa shape index (κ3) is 20.8. The van der Waals surface area contributed by atoms with Gasteiger partial charge in [-0.2, -0.15) is 39.0 Å². The third-order valence-electron chi connectivity index (χ3n) is 17.8. The van der Waals surface area contributed by atoms with E-state index in [1.807, 2.05) is 179 Å². The van der Waals surface area contributed by atoms with E-state index in [4.69, 9.17) is 13.4 Å². The van der Waals surface area contributed by atoms with Crippen molar-refractivity contribution in [3.05, 3.63) is 238 Å². The Balaban J connectivity index is 0.000000160. The molecule has 0 spiro atoms. The lowest BCUT2D eigenvalue weighted by molar-refractivity contribution is 0.589. The molecule has 0 fully saturated rings. The van der Waals surface area contributed by atoms with Crippen LogP contribution in [0, 0.1) is 55.4 Å². The van der Waals surface area contributed by atoms with Crippen LogP contribution in [0.3, 0.4) is 0 Å². The number of benzene rings is 2. The largest absolute Gasteiger partial charge is 0.335 e. The van der Waals surface area contributed by atoms with Gasteiger partial charge in [0.25, 0.3) is 0 Å². The van der Waals surface area contributed by atoms with Gasteiger partial charge in [-0.05, 0) is 147 Å². The van der Waals surface area contributed by atoms with Crippen LogP contribution in [0.1, 0.15) is 230 Å². The van der Waals surface area contributed by atoms with Gasteiger partial charge in [-0.1, -0.05) is 181 Å². The fourth-order valence-corrected chi connectivity index (χ4v) is 13.2. The molecule has 0 saturated carbocycles. The van der Waals surface area contributed by atoms with E-state index in [0.717, 1.165) is 95.9 Å². The standard InChI is InChI=1S/C18H21N3.C12H17N3.C12H14N2.4C11H15N3.O2S/c1-12-7-6-8-14(11-12)15-9-10-21-17(19-15)16(13(2)20-21)18(3,4)5;1-8-6-7-15-11(13-8)10(9(2)14-15)12(3,4)5;1-12(2,3)9-5-4-6-10-11(9)14-8-7-13-10;1-8-5-12-10-9(11(2,3)4)6-13-14(10)7-8;1-8-5-6-14-10(13-8)9(7-12-14)11(2,3)4;2*1-8-9(11(2,3)4)10-12-6-5-7-14(10)13-8;1-3-2/h6-11H,1-5H3;6-7H,1-5H3;4-8H,1-3H3;4*5-7H,1-4H3;. The number of hydrogen-bond donors (Lipinski definition) is 0. The first-order chi connectivity index (χ1) is 50.7. The quantitative estimate of drug-likeness (QED) is 0.148. The van der Waals surface area contributed by atoms with Crippen LogP contribution in [0.5, 0.6) is 0 Å². The van der Waals surface area contributed by atoms with Crippen molar-refractivity contribution in [3.8, 4) is 11.3 Å². The van der Waals surface area contributed by atoms with Crippen LogP contribution < -0.4 is 0 Å². The van der Waals surface area contributed by atoms with Crippen LogP contribution >= 0.6 is 0 Å². The molecular weight excluding hydrogens is 1380 g/mol. The van der Waals surface area contributed by atoms with Crippen molar-refractivity contribution in [2.45, 2.75) is 239 Å². The molecule has 22 nitrogen and oxygen atoms in total. The second-order valence-corrected chi connectivity index (χ2v) is 34.9. The lowest BCUT2D eigenvalue weighted by Crippen LogP contribution is -2.12. The number of hydrogen-bond acceptors (Lipinski definition) is 16. The zero-order valence-corrected chi connectivity index (χ0v) is 70.4. The van der Waals surface area contributed by atoms with Crippen molar-refractivity contribution in [3.63, 3.8) is 0 Å². The molecular formula is C86H112N20O2S. The van der Waals surface area contributed by atoms with E-state index >= 15 is 0 Å². The molecule has 0 bridgehead atoms. The number of aryl methyl sites for hydroxylation is 8. The van der Waals surface area contributed by atoms with Crippen LogP contribution in [0.25, 0.3) is 56.2 Å². The first-order valence-electron chi connectivity index (χ1n) is 36.8. The maximum absolute atomic E-state index is 8.29. The molecule has 0 aliphatic carbocycles. The Morgan fingerprint density at radius 1 is 0.321 bits per heavy atom. The Labute approximate surface area is 646 Å². The average molecular weight is 1490 g/mol. The summed E-state index contributed by atoms with van der Waals surface area (Å²) in [6, 6.07) is 24.4. The average Bonchev–Trinajstić information content (AvgIpc) is 1.69. The molecule has 0 unspecified atom stereocenters. The Morgan fingerprint density at radius 2 is 0.725 bits per heavy atom. The molecule has 0 amide bonds. The summed E-state index contributed by atoms with van der Waals surface area (Å²) < 4.78 is 27.7. The van der Waals surface area contributed by atoms with Gasteiger partial charge in [0.1, 0.15) is 0 Å². The summed E-state index contributed by atoms with van der Waals surface area (Å²) in [5.41, 5.74) is 27.8. The summed E-state index contributed by atoms with van der Waals surface area (Å²) in [6.45, 7) is 62.2. The monoisotopic (exact) mass is 1490 g/mol. The molecule has 15 rings (SSSR count). The lowest BCUT2D eigenvalue weighted by atomic mass is 9.86. The molecule has 109 heavy (non-hydrogen) atoms. The van der Waals surface area contributed by atoms with E-state index in [-0.39, 0.29) is 37.9 Å². The van der Waals surface area contributed by atoms with Crippen LogP contribution in [-0.4, -0.2) is 106 Å². The van der Waals surface area contributed by atoms with Crippen molar-refractivity contribution < 1.29 is 8.42 Å².